The van der Waals surface area contributed by atoms with Crippen LogP contribution in [0.1, 0.15) is 18.9 Å². The summed E-state index contributed by atoms with van der Waals surface area (Å²) in [5, 5.41) is 11.5. The Morgan fingerprint density at radius 3 is 2.95 bits per heavy atom. The van der Waals surface area contributed by atoms with Crippen LogP contribution in [-0.4, -0.2) is 30.1 Å². The first-order valence-corrected chi connectivity index (χ1v) is 7.40. The highest BCUT2D eigenvalue weighted by molar-refractivity contribution is 9.10. The summed E-state index contributed by atoms with van der Waals surface area (Å²) in [4.78, 5) is 22.7. The van der Waals surface area contributed by atoms with Gasteiger partial charge in [-0.3, -0.25) is 9.59 Å². The fourth-order valence-electron chi connectivity index (χ4n) is 1.92. The number of ether oxygens (including phenoxy) is 1. The summed E-state index contributed by atoms with van der Waals surface area (Å²) < 4.78 is 6.45. The maximum Gasteiger partial charge on any atom is 0.306 e. The molecule has 2 N–H and O–H groups in total. The van der Waals surface area contributed by atoms with Crippen molar-refractivity contribution < 1.29 is 19.4 Å². The minimum Gasteiger partial charge on any atom is -0.488 e. The molecule has 2 rings (SSSR count). The van der Waals surface area contributed by atoms with Gasteiger partial charge in [-0.15, -0.1) is 0 Å². The first-order valence-electron chi connectivity index (χ1n) is 6.61. The molecule has 1 heterocycles. The van der Waals surface area contributed by atoms with Gasteiger partial charge in [0, 0.05) is 16.6 Å². The monoisotopic (exact) mass is 353 g/mol. The number of carboxylic acids is 1. The van der Waals surface area contributed by atoms with Crippen LogP contribution in [0.25, 0.3) is 6.08 Å². The third kappa shape index (κ3) is 4.07. The smallest absolute Gasteiger partial charge is 0.306 e. The number of amides is 1. The molecule has 1 aliphatic heterocycles. The number of rotatable bonds is 5. The second-order valence-electron chi connectivity index (χ2n) is 4.92. The molecule has 1 atom stereocenters. The summed E-state index contributed by atoms with van der Waals surface area (Å²) in [5.41, 5.74) is 1.38. The maximum atomic E-state index is 12.0. The lowest BCUT2D eigenvalue weighted by atomic mass is 10.1. The average Bonchev–Trinajstić information content (AvgIpc) is 2.45. The van der Waals surface area contributed by atoms with Crippen molar-refractivity contribution in [2.45, 2.75) is 13.3 Å². The second kappa shape index (κ2) is 6.76. The largest absolute Gasteiger partial charge is 0.488 e. The number of carbonyl (C=O) groups is 2. The minimum absolute atomic E-state index is 0.217. The molecule has 1 aliphatic rings. The van der Waals surface area contributed by atoms with Crippen LogP contribution in [0.4, 0.5) is 0 Å². The molecule has 0 bridgehead atoms. The first kappa shape index (κ1) is 15.6. The fraction of sp³-hybridized carbons (Fsp3) is 0.333. The summed E-state index contributed by atoms with van der Waals surface area (Å²) >= 11 is 3.38. The van der Waals surface area contributed by atoms with E-state index in [1.165, 1.54) is 0 Å². The summed E-state index contributed by atoms with van der Waals surface area (Å²) in [7, 11) is 0. The van der Waals surface area contributed by atoms with Gasteiger partial charge in [0.1, 0.15) is 12.4 Å². The molecule has 1 amide bonds. The minimum atomic E-state index is -0.858. The number of fused-ring (bicyclic) bond motifs is 1. The molecule has 0 radical (unpaired) electrons. The van der Waals surface area contributed by atoms with Crippen molar-refractivity contribution in [1.29, 1.82) is 0 Å². The van der Waals surface area contributed by atoms with Gasteiger partial charge in [0.2, 0.25) is 0 Å². The van der Waals surface area contributed by atoms with Gasteiger partial charge in [-0.1, -0.05) is 22.9 Å². The molecule has 21 heavy (non-hydrogen) atoms. The van der Waals surface area contributed by atoms with Crippen LogP contribution in [0.3, 0.4) is 0 Å². The standard InChI is InChI=1S/C15H16BrNO4/c1-9(15(19)20)4-5-17-14(18)11-6-10-7-12(16)2-3-13(10)21-8-11/h2-3,6-7,9H,4-5,8H2,1H3,(H,17,18)(H,19,20). The van der Waals surface area contributed by atoms with Gasteiger partial charge in [-0.2, -0.15) is 0 Å². The molecule has 1 unspecified atom stereocenters. The Morgan fingerprint density at radius 1 is 1.48 bits per heavy atom. The first-order chi connectivity index (χ1) is 9.97. The normalized spacial score (nSPS) is 14.5. The van der Waals surface area contributed by atoms with E-state index in [0.29, 0.717) is 18.5 Å². The van der Waals surface area contributed by atoms with Crippen molar-refractivity contribution in [3.05, 3.63) is 33.8 Å². The van der Waals surface area contributed by atoms with Gasteiger partial charge in [0.15, 0.2) is 0 Å². The predicted octanol–water partition coefficient (Wildman–Crippen LogP) is 2.45. The molecule has 0 saturated carbocycles. The Balaban J connectivity index is 1.96. The summed E-state index contributed by atoms with van der Waals surface area (Å²) in [5.74, 6) is -0.811. The lowest BCUT2D eigenvalue weighted by molar-refractivity contribution is -0.141. The Labute approximate surface area is 131 Å². The van der Waals surface area contributed by atoms with E-state index in [2.05, 4.69) is 21.2 Å². The molecule has 1 aromatic rings. The van der Waals surface area contributed by atoms with Gasteiger partial charge in [-0.25, -0.2) is 0 Å². The Kier molecular flexibility index (Phi) is 5.01. The summed E-state index contributed by atoms with van der Waals surface area (Å²) in [6, 6.07) is 5.61. The number of halogens is 1. The van der Waals surface area contributed by atoms with Gasteiger partial charge in [0.05, 0.1) is 11.5 Å². The number of carbonyl (C=O) groups excluding carboxylic acids is 1. The molecule has 5 nitrogen and oxygen atoms in total. The third-order valence-electron chi connectivity index (χ3n) is 3.26. The predicted molar refractivity (Wildman–Crippen MR) is 82.0 cm³/mol. The summed E-state index contributed by atoms with van der Waals surface area (Å²) in [6.45, 7) is 2.16. The van der Waals surface area contributed by atoms with Crippen LogP contribution >= 0.6 is 15.9 Å². The van der Waals surface area contributed by atoms with Gasteiger partial charge in [0.25, 0.3) is 5.91 Å². The molecule has 1 aromatic carbocycles. The zero-order chi connectivity index (χ0) is 15.4. The number of aliphatic carboxylic acids is 1. The Hall–Kier alpha value is -1.82. The topological polar surface area (TPSA) is 75.6 Å². The van der Waals surface area contributed by atoms with E-state index >= 15 is 0 Å². The van der Waals surface area contributed by atoms with Gasteiger partial charge in [-0.05, 0) is 30.7 Å². The van der Waals surface area contributed by atoms with Crippen LogP contribution in [0, 0.1) is 5.92 Å². The molecule has 112 valence electrons. The highest BCUT2D eigenvalue weighted by Gasteiger charge is 2.18. The molecule has 0 saturated heterocycles. The van der Waals surface area contributed by atoms with Crippen molar-refractivity contribution >= 4 is 33.9 Å². The molecule has 0 aromatic heterocycles. The molecule has 0 aliphatic carbocycles. The zero-order valence-corrected chi connectivity index (χ0v) is 13.1. The number of carboxylic acid groups (broad SMARTS) is 1. The molecular weight excluding hydrogens is 338 g/mol. The maximum absolute atomic E-state index is 12.0. The van der Waals surface area contributed by atoms with Gasteiger partial charge < -0.3 is 15.2 Å². The van der Waals surface area contributed by atoms with Crippen molar-refractivity contribution in [3.63, 3.8) is 0 Å². The Morgan fingerprint density at radius 2 is 2.24 bits per heavy atom. The van der Waals surface area contributed by atoms with E-state index in [4.69, 9.17) is 9.84 Å². The van der Waals surface area contributed by atoms with E-state index in [1.807, 2.05) is 18.2 Å². The highest BCUT2D eigenvalue weighted by atomic mass is 79.9. The molecule has 0 fully saturated rings. The number of nitrogens with one attached hydrogen (secondary N) is 1. The van der Waals surface area contributed by atoms with Crippen LogP contribution in [0.2, 0.25) is 0 Å². The van der Waals surface area contributed by atoms with E-state index in [9.17, 15) is 9.59 Å². The quantitative estimate of drug-likeness (QED) is 0.852. The molecule has 6 heteroatoms. The van der Waals surface area contributed by atoms with E-state index < -0.39 is 11.9 Å². The van der Waals surface area contributed by atoms with E-state index in [-0.39, 0.29) is 12.5 Å². The van der Waals surface area contributed by atoms with Gasteiger partial charge >= 0.3 is 5.97 Å². The van der Waals surface area contributed by atoms with Crippen molar-refractivity contribution in [2.24, 2.45) is 5.92 Å². The molecular formula is C15H16BrNO4. The van der Waals surface area contributed by atoms with Crippen LogP contribution in [-0.2, 0) is 9.59 Å². The van der Waals surface area contributed by atoms with E-state index in [1.54, 1.807) is 13.0 Å². The molecule has 0 spiro atoms. The van der Waals surface area contributed by atoms with Crippen LogP contribution in [0.15, 0.2) is 28.2 Å². The summed E-state index contributed by atoms with van der Waals surface area (Å²) in [6.07, 6.45) is 2.19. The van der Waals surface area contributed by atoms with Crippen molar-refractivity contribution in [2.75, 3.05) is 13.2 Å². The highest BCUT2D eigenvalue weighted by Crippen LogP contribution is 2.29. The SMILES string of the molecule is CC(CCNC(=O)C1=Cc2cc(Br)ccc2OC1)C(=O)O. The number of hydrogen-bond acceptors (Lipinski definition) is 3. The third-order valence-corrected chi connectivity index (χ3v) is 3.75. The fourth-order valence-corrected chi connectivity index (χ4v) is 2.30. The number of benzene rings is 1. The van der Waals surface area contributed by atoms with E-state index in [0.717, 1.165) is 15.8 Å². The van der Waals surface area contributed by atoms with Crippen molar-refractivity contribution in [1.82, 2.24) is 5.32 Å². The zero-order valence-electron chi connectivity index (χ0n) is 11.6. The number of hydrogen-bond donors (Lipinski definition) is 2. The van der Waals surface area contributed by atoms with Crippen LogP contribution < -0.4 is 10.1 Å². The lowest BCUT2D eigenvalue weighted by Gasteiger charge is -2.18. The van der Waals surface area contributed by atoms with Crippen LogP contribution in [0.5, 0.6) is 5.75 Å². The average molecular weight is 354 g/mol. The second-order valence-corrected chi connectivity index (χ2v) is 5.84. The lowest BCUT2D eigenvalue weighted by Crippen LogP contribution is -2.30. The van der Waals surface area contributed by atoms with Crippen molar-refractivity contribution in [3.8, 4) is 5.75 Å². The Bertz CT molecular complexity index is 597.